The summed E-state index contributed by atoms with van der Waals surface area (Å²) in [6, 6.07) is 3.87. The van der Waals surface area contributed by atoms with Gasteiger partial charge in [-0.2, -0.15) is 0 Å². The third-order valence-electron chi connectivity index (χ3n) is 3.58. The molecule has 4 nitrogen and oxygen atoms in total. The van der Waals surface area contributed by atoms with Gasteiger partial charge in [-0.3, -0.25) is 10.1 Å². The molecule has 1 heterocycles. The van der Waals surface area contributed by atoms with Gasteiger partial charge in [0.2, 0.25) is 0 Å². The van der Waals surface area contributed by atoms with Crippen LogP contribution < -0.4 is 5.32 Å². The monoisotopic (exact) mass is 328 g/mol. The molecule has 3 amide bonds. The van der Waals surface area contributed by atoms with Crippen LogP contribution in [0.5, 0.6) is 0 Å². The lowest BCUT2D eigenvalue weighted by Crippen LogP contribution is -2.46. The van der Waals surface area contributed by atoms with Crippen molar-refractivity contribution in [2.45, 2.75) is 32.4 Å². The number of carbonyl (C=O) groups excluding carboxylic acids is 2. The average molecular weight is 329 g/mol. The maximum absolute atomic E-state index is 13.0. The largest absolute Gasteiger partial charge is 0.325 e. The van der Waals surface area contributed by atoms with Crippen LogP contribution in [0.4, 0.5) is 9.18 Å². The van der Waals surface area contributed by atoms with E-state index in [-0.39, 0.29) is 18.3 Å². The van der Waals surface area contributed by atoms with Crippen molar-refractivity contribution in [2.24, 2.45) is 0 Å². The molecular formula is C13H14BrFN2O2. The first-order valence-electron chi connectivity index (χ1n) is 5.95. The third-order valence-corrected chi connectivity index (χ3v) is 4.32. The van der Waals surface area contributed by atoms with Gasteiger partial charge in [-0.25, -0.2) is 9.18 Å². The number of nitrogens with zero attached hydrogens (tertiary/aromatic N) is 1. The molecule has 1 atom stereocenters. The van der Waals surface area contributed by atoms with E-state index in [0.717, 1.165) is 5.56 Å². The van der Waals surface area contributed by atoms with Gasteiger partial charge in [-0.05, 0) is 31.0 Å². The van der Waals surface area contributed by atoms with Crippen molar-refractivity contribution in [3.8, 4) is 0 Å². The first-order valence-corrected chi connectivity index (χ1v) is 6.74. The van der Waals surface area contributed by atoms with Crippen molar-refractivity contribution in [2.75, 3.05) is 0 Å². The van der Waals surface area contributed by atoms with Crippen LogP contribution in [0.15, 0.2) is 22.7 Å². The number of urea groups is 1. The van der Waals surface area contributed by atoms with Crippen LogP contribution in [0.2, 0.25) is 0 Å². The topological polar surface area (TPSA) is 49.4 Å². The van der Waals surface area contributed by atoms with Gasteiger partial charge in [0, 0.05) is 11.0 Å². The van der Waals surface area contributed by atoms with Crippen LogP contribution in [-0.2, 0) is 11.3 Å². The standard InChI is InChI=1S/C13H14BrFN2O2/c1-3-13(2)11(18)16-12(19)17(13)7-8-4-5-9(15)6-10(8)14/h4-6H,3,7H2,1-2H3,(H,16,18,19). The number of benzene rings is 1. The minimum atomic E-state index is -0.856. The highest BCUT2D eigenvalue weighted by molar-refractivity contribution is 9.10. The summed E-state index contributed by atoms with van der Waals surface area (Å²) in [6.07, 6.45) is 0.517. The molecule has 19 heavy (non-hydrogen) atoms. The molecule has 1 aliphatic rings. The number of halogens is 2. The van der Waals surface area contributed by atoms with E-state index in [1.165, 1.54) is 17.0 Å². The van der Waals surface area contributed by atoms with Gasteiger partial charge in [0.15, 0.2) is 0 Å². The van der Waals surface area contributed by atoms with Crippen molar-refractivity contribution in [1.82, 2.24) is 10.2 Å². The number of hydrogen-bond donors (Lipinski definition) is 1. The van der Waals surface area contributed by atoms with Crippen molar-refractivity contribution in [3.63, 3.8) is 0 Å². The third kappa shape index (κ3) is 2.36. The van der Waals surface area contributed by atoms with Gasteiger partial charge >= 0.3 is 6.03 Å². The fourth-order valence-corrected chi connectivity index (χ4v) is 2.54. The second-order valence-electron chi connectivity index (χ2n) is 4.71. The molecule has 2 rings (SSSR count). The SMILES string of the molecule is CCC1(C)C(=O)NC(=O)N1Cc1ccc(F)cc1Br. The molecule has 1 aromatic carbocycles. The summed E-state index contributed by atoms with van der Waals surface area (Å²) in [6.45, 7) is 3.83. The molecule has 0 bridgehead atoms. The average Bonchev–Trinajstić information content (AvgIpc) is 2.56. The van der Waals surface area contributed by atoms with Gasteiger partial charge in [-0.1, -0.05) is 28.9 Å². The molecule has 102 valence electrons. The van der Waals surface area contributed by atoms with Gasteiger partial charge in [0.1, 0.15) is 11.4 Å². The molecule has 1 saturated heterocycles. The normalized spacial score (nSPS) is 22.8. The second-order valence-corrected chi connectivity index (χ2v) is 5.56. The lowest BCUT2D eigenvalue weighted by atomic mass is 9.97. The highest BCUT2D eigenvalue weighted by Crippen LogP contribution is 2.29. The summed E-state index contributed by atoms with van der Waals surface area (Å²) < 4.78 is 13.6. The summed E-state index contributed by atoms with van der Waals surface area (Å²) in [5.74, 6) is -0.644. The van der Waals surface area contributed by atoms with E-state index < -0.39 is 11.6 Å². The summed E-state index contributed by atoms with van der Waals surface area (Å²) in [7, 11) is 0. The van der Waals surface area contributed by atoms with Crippen molar-refractivity contribution in [3.05, 3.63) is 34.1 Å². The summed E-state index contributed by atoms with van der Waals surface area (Å²) >= 11 is 3.27. The van der Waals surface area contributed by atoms with E-state index in [4.69, 9.17) is 0 Å². The fraction of sp³-hybridized carbons (Fsp3) is 0.385. The zero-order chi connectivity index (χ0) is 14.2. The van der Waals surface area contributed by atoms with Crippen molar-refractivity contribution < 1.29 is 14.0 Å². The number of nitrogens with one attached hydrogen (secondary N) is 1. The smallest absolute Gasteiger partial charge is 0.306 e. The number of amides is 3. The molecule has 1 unspecified atom stereocenters. The first kappa shape index (κ1) is 14.0. The second kappa shape index (κ2) is 4.92. The molecular weight excluding hydrogens is 315 g/mol. The fourth-order valence-electron chi connectivity index (χ4n) is 2.06. The van der Waals surface area contributed by atoms with E-state index >= 15 is 0 Å². The van der Waals surface area contributed by atoms with E-state index in [1.807, 2.05) is 6.92 Å². The van der Waals surface area contributed by atoms with E-state index in [2.05, 4.69) is 21.2 Å². The van der Waals surface area contributed by atoms with Gasteiger partial charge < -0.3 is 4.90 Å². The van der Waals surface area contributed by atoms with Gasteiger partial charge in [0.25, 0.3) is 5.91 Å². The van der Waals surface area contributed by atoms with Gasteiger partial charge in [0.05, 0.1) is 0 Å². The summed E-state index contributed by atoms with van der Waals surface area (Å²) in [4.78, 5) is 25.2. The zero-order valence-corrected chi connectivity index (χ0v) is 12.3. The maximum atomic E-state index is 13.0. The molecule has 6 heteroatoms. The molecule has 0 aromatic heterocycles. The van der Waals surface area contributed by atoms with Crippen molar-refractivity contribution in [1.29, 1.82) is 0 Å². The zero-order valence-electron chi connectivity index (χ0n) is 10.7. The molecule has 1 aromatic rings. The molecule has 0 aliphatic carbocycles. The van der Waals surface area contributed by atoms with E-state index in [0.29, 0.717) is 10.9 Å². The molecule has 1 aliphatic heterocycles. The minimum Gasteiger partial charge on any atom is -0.306 e. The molecule has 0 radical (unpaired) electrons. The Morgan fingerprint density at radius 3 is 2.68 bits per heavy atom. The highest BCUT2D eigenvalue weighted by Gasteiger charge is 2.47. The van der Waals surface area contributed by atoms with Crippen LogP contribution in [0.3, 0.4) is 0 Å². The molecule has 1 N–H and O–H groups in total. The lowest BCUT2D eigenvalue weighted by Gasteiger charge is -2.31. The van der Waals surface area contributed by atoms with Crippen molar-refractivity contribution >= 4 is 27.9 Å². The van der Waals surface area contributed by atoms with Gasteiger partial charge in [-0.15, -0.1) is 0 Å². The Morgan fingerprint density at radius 1 is 1.42 bits per heavy atom. The van der Waals surface area contributed by atoms with Crippen LogP contribution in [-0.4, -0.2) is 22.4 Å². The first-order chi connectivity index (χ1) is 8.88. The predicted molar refractivity (Wildman–Crippen MR) is 71.9 cm³/mol. The quantitative estimate of drug-likeness (QED) is 0.867. The van der Waals surface area contributed by atoms with E-state index in [1.54, 1.807) is 13.0 Å². The molecule has 1 fully saturated rings. The minimum absolute atomic E-state index is 0.253. The Bertz CT molecular complexity index is 549. The lowest BCUT2D eigenvalue weighted by molar-refractivity contribution is -0.126. The molecule has 0 spiro atoms. The summed E-state index contributed by atoms with van der Waals surface area (Å²) in [5, 5.41) is 2.32. The Labute approximate surface area is 119 Å². The van der Waals surface area contributed by atoms with E-state index in [9.17, 15) is 14.0 Å². The van der Waals surface area contributed by atoms with Crippen LogP contribution in [0.1, 0.15) is 25.8 Å². The number of imide groups is 1. The Morgan fingerprint density at radius 2 is 2.11 bits per heavy atom. The van der Waals surface area contributed by atoms with Crippen LogP contribution in [0, 0.1) is 5.82 Å². The Balaban J connectivity index is 2.31. The summed E-state index contributed by atoms with van der Waals surface area (Å²) in [5.41, 5.74) is -0.101. The van der Waals surface area contributed by atoms with Crippen LogP contribution >= 0.6 is 15.9 Å². The Hall–Kier alpha value is -1.43. The predicted octanol–water partition coefficient (Wildman–Crippen LogP) is 2.81. The number of carbonyl (C=O) groups is 2. The maximum Gasteiger partial charge on any atom is 0.325 e. The number of rotatable bonds is 3. The Kier molecular flexibility index (Phi) is 3.62. The number of hydrogen-bond acceptors (Lipinski definition) is 2. The van der Waals surface area contributed by atoms with Crippen LogP contribution in [0.25, 0.3) is 0 Å². The molecule has 0 saturated carbocycles. The highest BCUT2D eigenvalue weighted by atomic mass is 79.9.